The minimum absolute atomic E-state index is 0.318. The fourth-order valence-electron chi connectivity index (χ4n) is 1.51. The maximum atomic E-state index is 11.4. The molecule has 0 aliphatic rings. The summed E-state index contributed by atoms with van der Waals surface area (Å²) in [5.74, 6) is 5.09. The van der Waals surface area contributed by atoms with Gasteiger partial charge in [-0.2, -0.15) is 0 Å². The summed E-state index contributed by atoms with van der Waals surface area (Å²) in [7, 11) is 1.69. The Kier molecular flexibility index (Phi) is 3.31. The molecule has 3 N–H and O–H groups in total. The Labute approximate surface area is 90.0 Å². The number of hydrogen-bond donors (Lipinski definition) is 2. The number of nitrogens with one attached hydrogen (secondary N) is 1. The number of aryl methyl sites for hydroxylation is 1. The Balaban J connectivity index is 3.16. The van der Waals surface area contributed by atoms with E-state index in [2.05, 4.69) is 12.3 Å². The van der Waals surface area contributed by atoms with Crippen LogP contribution in [-0.2, 0) is 0 Å². The number of nitrogens with two attached hydrogens (primary N) is 1. The van der Waals surface area contributed by atoms with Crippen LogP contribution in [0.4, 0.5) is 10.5 Å². The van der Waals surface area contributed by atoms with Crippen molar-refractivity contribution in [3.05, 3.63) is 28.8 Å². The Hall–Kier alpha value is -1.55. The number of hydrazine groups is 1. The smallest absolute Gasteiger partial charge is 0.296 e. The lowest BCUT2D eigenvalue weighted by Gasteiger charge is -2.20. The van der Waals surface area contributed by atoms with Gasteiger partial charge in [-0.25, -0.2) is 10.6 Å². The summed E-state index contributed by atoms with van der Waals surface area (Å²) >= 11 is 0. The van der Waals surface area contributed by atoms with Crippen LogP contribution >= 0.6 is 0 Å². The third-order valence-corrected chi connectivity index (χ3v) is 2.82. The highest BCUT2D eigenvalue weighted by atomic mass is 16.2. The molecule has 4 heteroatoms. The van der Waals surface area contributed by atoms with Gasteiger partial charge >= 0.3 is 6.03 Å². The zero-order chi connectivity index (χ0) is 11.6. The molecule has 82 valence electrons. The Morgan fingerprint density at radius 2 is 1.87 bits per heavy atom. The zero-order valence-electron chi connectivity index (χ0n) is 9.59. The van der Waals surface area contributed by atoms with Crippen molar-refractivity contribution in [2.75, 3.05) is 11.9 Å². The second-order valence-corrected chi connectivity index (χ2v) is 3.66. The molecule has 2 amide bonds. The second kappa shape index (κ2) is 4.31. The minimum Gasteiger partial charge on any atom is -0.296 e. The number of benzene rings is 1. The monoisotopic (exact) mass is 207 g/mol. The highest BCUT2D eigenvalue weighted by molar-refractivity contribution is 5.92. The molecule has 4 nitrogen and oxygen atoms in total. The van der Waals surface area contributed by atoms with E-state index in [1.807, 2.05) is 26.0 Å². The molecular weight excluding hydrogens is 190 g/mol. The van der Waals surface area contributed by atoms with Crippen LogP contribution in [0.25, 0.3) is 0 Å². The van der Waals surface area contributed by atoms with Gasteiger partial charge in [0.2, 0.25) is 0 Å². The number of hydrogen-bond acceptors (Lipinski definition) is 2. The van der Waals surface area contributed by atoms with Crippen molar-refractivity contribution in [1.82, 2.24) is 5.43 Å². The summed E-state index contributed by atoms with van der Waals surface area (Å²) in [4.78, 5) is 12.9. The van der Waals surface area contributed by atoms with Gasteiger partial charge in [0.1, 0.15) is 0 Å². The molecule has 0 heterocycles. The van der Waals surface area contributed by atoms with Crippen molar-refractivity contribution in [2.24, 2.45) is 5.84 Å². The molecule has 0 saturated carbocycles. The van der Waals surface area contributed by atoms with E-state index in [4.69, 9.17) is 5.84 Å². The lowest BCUT2D eigenvalue weighted by molar-refractivity contribution is 0.247. The van der Waals surface area contributed by atoms with E-state index in [-0.39, 0.29) is 6.03 Å². The van der Waals surface area contributed by atoms with Crippen LogP contribution in [0.2, 0.25) is 0 Å². The van der Waals surface area contributed by atoms with Crippen LogP contribution in [0.1, 0.15) is 16.7 Å². The van der Waals surface area contributed by atoms with Gasteiger partial charge in [0.05, 0.1) is 0 Å². The van der Waals surface area contributed by atoms with Crippen molar-refractivity contribution in [3.63, 3.8) is 0 Å². The molecule has 0 aliphatic carbocycles. The molecule has 1 aromatic rings. The van der Waals surface area contributed by atoms with Gasteiger partial charge in [0.15, 0.2) is 0 Å². The second-order valence-electron chi connectivity index (χ2n) is 3.66. The normalized spacial score (nSPS) is 9.93. The largest absolute Gasteiger partial charge is 0.335 e. The van der Waals surface area contributed by atoms with Crippen molar-refractivity contribution < 1.29 is 4.79 Å². The molecular formula is C11H17N3O. The van der Waals surface area contributed by atoms with Crippen molar-refractivity contribution in [2.45, 2.75) is 20.8 Å². The zero-order valence-corrected chi connectivity index (χ0v) is 9.59. The van der Waals surface area contributed by atoms with Crippen LogP contribution in [0.5, 0.6) is 0 Å². The number of rotatable bonds is 1. The van der Waals surface area contributed by atoms with E-state index in [1.165, 1.54) is 16.0 Å². The van der Waals surface area contributed by atoms with Crippen LogP contribution in [0.15, 0.2) is 12.1 Å². The van der Waals surface area contributed by atoms with Gasteiger partial charge in [-0.15, -0.1) is 0 Å². The minimum atomic E-state index is -0.318. The molecule has 0 aromatic heterocycles. The number of anilines is 1. The molecule has 0 spiro atoms. The number of carbonyl (C=O) groups is 1. The van der Waals surface area contributed by atoms with E-state index >= 15 is 0 Å². The number of nitrogens with zero attached hydrogens (tertiary/aromatic N) is 1. The Morgan fingerprint density at radius 3 is 2.40 bits per heavy atom. The third-order valence-electron chi connectivity index (χ3n) is 2.82. The van der Waals surface area contributed by atoms with Crippen molar-refractivity contribution >= 4 is 11.7 Å². The highest BCUT2D eigenvalue weighted by Crippen LogP contribution is 2.24. The van der Waals surface area contributed by atoms with E-state index in [9.17, 15) is 4.79 Å². The summed E-state index contributed by atoms with van der Waals surface area (Å²) in [6.45, 7) is 6.09. The predicted octanol–water partition coefficient (Wildman–Crippen LogP) is 1.63. The van der Waals surface area contributed by atoms with Gasteiger partial charge in [-0.1, -0.05) is 6.07 Å². The molecule has 0 saturated heterocycles. The standard InChI is InChI=1S/C11H17N3O/c1-7-5-6-10(9(3)8(7)2)14(4)11(15)13-12/h5-6H,12H2,1-4H3,(H,13,15). The molecule has 0 atom stereocenters. The van der Waals surface area contributed by atoms with Crippen LogP contribution < -0.4 is 16.2 Å². The molecule has 0 fully saturated rings. The maximum absolute atomic E-state index is 11.4. The summed E-state index contributed by atoms with van der Waals surface area (Å²) in [5.41, 5.74) is 6.50. The van der Waals surface area contributed by atoms with E-state index in [1.54, 1.807) is 7.05 Å². The molecule has 1 aromatic carbocycles. The van der Waals surface area contributed by atoms with Gasteiger partial charge in [-0.3, -0.25) is 10.3 Å². The van der Waals surface area contributed by atoms with E-state index in [0.29, 0.717) is 0 Å². The summed E-state index contributed by atoms with van der Waals surface area (Å²) < 4.78 is 0. The van der Waals surface area contributed by atoms with Gasteiger partial charge in [-0.05, 0) is 43.5 Å². The number of carbonyl (C=O) groups excluding carboxylic acids is 1. The van der Waals surface area contributed by atoms with Gasteiger partial charge in [0.25, 0.3) is 0 Å². The predicted molar refractivity (Wildman–Crippen MR) is 61.8 cm³/mol. The third kappa shape index (κ3) is 2.10. The first-order chi connectivity index (χ1) is 6.99. The first-order valence-corrected chi connectivity index (χ1v) is 4.80. The first-order valence-electron chi connectivity index (χ1n) is 4.80. The van der Waals surface area contributed by atoms with Crippen molar-refractivity contribution in [1.29, 1.82) is 0 Å². The van der Waals surface area contributed by atoms with Gasteiger partial charge < -0.3 is 0 Å². The first kappa shape index (κ1) is 11.5. The van der Waals surface area contributed by atoms with E-state index < -0.39 is 0 Å². The quantitative estimate of drug-likeness (QED) is 0.418. The fourth-order valence-corrected chi connectivity index (χ4v) is 1.51. The van der Waals surface area contributed by atoms with Gasteiger partial charge in [0, 0.05) is 12.7 Å². The number of amides is 2. The molecule has 0 radical (unpaired) electrons. The molecule has 0 bridgehead atoms. The molecule has 0 aliphatic heterocycles. The topological polar surface area (TPSA) is 58.4 Å². The molecule has 0 unspecified atom stereocenters. The summed E-state index contributed by atoms with van der Waals surface area (Å²) in [6, 6.07) is 3.60. The van der Waals surface area contributed by atoms with Crippen LogP contribution in [0, 0.1) is 20.8 Å². The lowest BCUT2D eigenvalue weighted by atomic mass is 10.0. The van der Waals surface area contributed by atoms with Crippen LogP contribution in [0.3, 0.4) is 0 Å². The average Bonchev–Trinajstić information content (AvgIpc) is 2.24. The highest BCUT2D eigenvalue weighted by Gasteiger charge is 2.12. The Bertz CT molecular complexity index is 388. The van der Waals surface area contributed by atoms with Crippen LogP contribution in [-0.4, -0.2) is 13.1 Å². The summed E-state index contributed by atoms with van der Waals surface area (Å²) in [6.07, 6.45) is 0. The van der Waals surface area contributed by atoms with E-state index in [0.717, 1.165) is 11.3 Å². The summed E-state index contributed by atoms with van der Waals surface area (Å²) in [5, 5.41) is 0. The SMILES string of the molecule is Cc1ccc(N(C)C(=O)NN)c(C)c1C. The number of urea groups is 1. The molecule has 15 heavy (non-hydrogen) atoms. The lowest BCUT2D eigenvalue weighted by Crippen LogP contribution is -2.41. The van der Waals surface area contributed by atoms with Crippen molar-refractivity contribution in [3.8, 4) is 0 Å². The maximum Gasteiger partial charge on any atom is 0.335 e. The molecule has 1 rings (SSSR count). The fraction of sp³-hybridized carbons (Fsp3) is 0.364. The Morgan fingerprint density at radius 1 is 1.27 bits per heavy atom. The average molecular weight is 207 g/mol.